The highest BCUT2D eigenvalue weighted by Gasteiger charge is 2.37. The van der Waals surface area contributed by atoms with Gasteiger partial charge in [0.1, 0.15) is 5.52 Å². The molecule has 1 heterocycles. The standard InChI is InChI=1S/C14H17N3O4S/c1-16(22(2,19)20)9-13(18)17(10-7-8-10)14-15-11-5-3-4-6-12(11)21-14/h3-6,10H,7-9H2,1-2H3. The van der Waals surface area contributed by atoms with Crippen molar-refractivity contribution in [1.29, 1.82) is 0 Å². The molecule has 1 aromatic heterocycles. The van der Waals surface area contributed by atoms with Crippen LogP contribution in [0.1, 0.15) is 12.8 Å². The number of anilines is 1. The number of carbonyl (C=O) groups is 1. The summed E-state index contributed by atoms with van der Waals surface area (Å²) in [5.74, 6) is -0.331. The van der Waals surface area contributed by atoms with Crippen molar-refractivity contribution in [3.05, 3.63) is 24.3 Å². The lowest BCUT2D eigenvalue weighted by atomic mass is 10.3. The molecule has 1 fully saturated rings. The summed E-state index contributed by atoms with van der Waals surface area (Å²) in [5.41, 5.74) is 1.28. The van der Waals surface area contributed by atoms with Gasteiger partial charge >= 0.3 is 6.01 Å². The first kappa shape index (κ1) is 15.0. The van der Waals surface area contributed by atoms with Crippen molar-refractivity contribution < 1.29 is 17.6 Å². The summed E-state index contributed by atoms with van der Waals surface area (Å²) >= 11 is 0. The molecule has 0 bridgehead atoms. The summed E-state index contributed by atoms with van der Waals surface area (Å²) in [6.45, 7) is -0.228. The predicted molar refractivity (Wildman–Crippen MR) is 82.0 cm³/mol. The highest BCUT2D eigenvalue weighted by molar-refractivity contribution is 7.88. The molecule has 1 aromatic carbocycles. The van der Waals surface area contributed by atoms with Gasteiger partial charge in [0.25, 0.3) is 0 Å². The molecule has 1 amide bonds. The molecule has 7 nitrogen and oxygen atoms in total. The van der Waals surface area contributed by atoms with E-state index in [9.17, 15) is 13.2 Å². The van der Waals surface area contributed by atoms with Crippen LogP contribution in [0, 0.1) is 0 Å². The van der Waals surface area contributed by atoms with Crippen LogP contribution in [0.3, 0.4) is 0 Å². The van der Waals surface area contributed by atoms with Crippen LogP contribution >= 0.6 is 0 Å². The second-order valence-electron chi connectivity index (χ2n) is 5.48. The van der Waals surface area contributed by atoms with Gasteiger partial charge in [-0.05, 0) is 25.0 Å². The summed E-state index contributed by atoms with van der Waals surface area (Å²) in [6, 6.07) is 7.53. The minimum Gasteiger partial charge on any atom is -0.423 e. The zero-order chi connectivity index (χ0) is 15.9. The largest absolute Gasteiger partial charge is 0.423 e. The molecule has 1 saturated carbocycles. The Morgan fingerprint density at radius 2 is 2.05 bits per heavy atom. The van der Waals surface area contributed by atoms with Gasteiger partial charge < -0.3 is 4.42 Å². The zero-order valence-electron chi connectivity index (χ0n) is 12.4. The number of nitrogens with zero attached hydrogens (tertiary/aromatic N) is 3. The van der Waals surface area contributed by atoms with E-state index in [-0.39, 0.29) is 24.5 Å². The Hall–Kier alpha value is -1.93. The number of sulfonamides is 1. The van der Waals surface area contributed by atoms with Gasteiger partial charge in [-0.15, -0.1) is 0 Å². The predicted octanol–water partition coefficient (Wildman–Crippen LogP) is 1.21. The molecule has 1 aliphatic carbocycles. The number of hydrogen-bond donors (Lipinski definition) is 0. The number of hydrogen-bond acceptors (Lipinski definition) is 5. The smallest absolute Gasteiger partial charge is 0.305 e. The average molecular weight is 323 g/mol. The minimum absolute atomic E-state index is 0.0357. The molecule has 0 aliphatic heterocycles. The van der Waals surface area contributed by atoms with E-state index in [1.807, 2.05) is 12.1 Å². The molecule has 118 valence electrons. The topological polar surface area (TPSA) is 83.7 Å². The van der Waals surface area contributed by atoms with E-state index in [0.29, 0.717) is 11.1 Å². The summed E-state index contributed by atoms with van der Waals surface area (Å²) < 4.78 is 29.6. The number of rotatable bonds is 5. The van der Waals surface area contributed by atoms with E-state index in [0.717, 1.165) is 23.4 Å². The Morgan fingerprint density at radius 1 is 1.36 bits per heavy atom. The van der Waals surface area contributed by atoms with Crippen LogP contribution in [-0.2, 0) is 14.8 Å². The quantitative estimate of drug-likeness (QED) is 0.826. The van der Waals surface area contributed by atoms with Crippen LogP contribution in [-0.4, -0.2) is 49.5 Å². The number of fused-ring (bicyclic) bond motifs is 1. The normalized spacial score (nSPS) is 15.4. The number of carbonyl (C=O) groups excluding carboxylic acids is 1. The molecule has 0 N–H and O–H groups in total. The first-order valence-electron chi connectivity index (χ1n) is 6.95. The van der Waals surface area contributed by atoms with Crippen molar-refractivity contribution in [2.75, 3.05) is 24.7 Å². The maximum absolute atomic E-state index is 12.5. The van der Waals surface area contributed by atoms with E-state index in [1.54, 1.807) is 12.1 Å². The fourth-order valence-corrected chi connectivity index (χ4v) is 2.49. The second-order valence-corrected chi connectivity index (χ2v) is 7.57. The van der Waals surface area contributed by atoms with Crippen LogP contribution in [0.15, 0.2) is 28.7 Å². The van der Waals surface area contributed by atoms with Crippen LogP contribution in [0.2, 0.25) is 0 Å². The molecule has 0 radical (unpaired) electrons. The third kappa shape index (κ3) is 2.97. The lowest BCUT2D eigenvalue weighted by Gasteiger charge is -2.21. The number of para-hydroxylation sites is 2. The number of amides is 1. The van der Waals surface area contributed by atoms with Gasteiger partial charge in [0.2, 0.25) is 15.9 Å². The van der Waals surface area contributed by atoms with E-state index in [1.165, 1.54) is 11.9 Å². The molecule has 0 spiro atoms. The first-order valence-corrected chi connectivity index (χ1v) is 8.80. The molecule has 0 unspecified atom stereocenters. The van der Waals surface area contributed by atoms with Gasteiger partial charge in [0.15, 0.2) is 5.58 Å². The highest BCUT2D eigenvalue weighted by Crippen LogP contribution is 2.33. The van der Waals surface area contributed by atoms with Crippen molar-refractivity contribution in [3.63, 3.8) is 0 Å². The molecule has 2 aromatic rings. The van der Waals surface area contributed by atoms with E-state index >= 15 is 0 Å². The van der Waals surface area contributed by atoms with Crippen molar-refractivity contribution in [2.45, 2.75) is 18.9 Å². The summed E-state index contributed by atoms with van der Waals surface area (Å²) in [4.78, 5) is 18.3. The number of likely N-dealkylation sites (N-methyl/N-ethyl adjacent to an activating group) is 1. The second kappa shape index (κ2) is 5.36. The van der Waals surface area contributed by atoms with Crippen molar-refractivity contribution in [2.24, 2.45) is 0 Å². The van der Waals surface area contributed by atoms with E-state index < -0.39 is 10.0 Å². The molecule has 8 heteroatoms. The Morgan fingerprint density at radius 3 is 2.64 bits per heavy atom. The highest BCUT2D eigenvalue weighted by atomic mass is 32.2. The Labute approximate surface area is 128 Å². The SMILES string of the molecule is CN(CC(=O)N(c1nc2ccccc2o1)C1CC1)S(C)(=O)=O. The first-order chi connectivity index (χ1) is 10.4. The van der Waals surface area contributed by atoms with Crippen molar-refractivity contribution in [3.8, 4) is 0 Å². The number of aromatic nitrogens is 1. The summed E-state index contributed by atoms with van der Waals surface area (Å²) in [6.07, 6.45) is 2.81. The van der Waals surface area contributed by atoms with Gasteiger partial charge in [-0.25, -0.2) is 8.42 Å². The van der Waals surface area contributed by atoms with Crippen LogP contribution < -0.4 is 4.90 Å². The summed E-state index contributed by atoms with van der Waals surface area (Å²) in [5, 5.41) is 0. The van der Waals surface area contributed by atoms with E-state index in [2.05, 4.69) is 4.98 Å². The number of benzene rings is 1. The van der Waals surface area contributed by atoms with Gasteiger partial charge in [0, 0.05) is 13.1 Å². The molecular weight excluding hydrogens is 306 g/mol. The van der Waals surface area contributed by atoms with Gasteiger partial charge in [-0.3, -0.25) is 9.69 Å². The van der Waals surface area contributed by atoms with Gasteiger partial charge in [-0.1, -0.05) is 12.1 Å². The van der Waals surface area contributed by atoms with Crippen molar-refractivity contribution >= 4 is 33.0 Å². The Balaban J connectivity index is 1.88. The lowest BCUT2D eigenvalue weighted by Crippen LogP contribution is -2.42. The third-order valence-corrected chi connectivity index (χ3v) is 4.85. The van der Waals surface area contributed by atoms with Gasteiger partial charge in [0.05, 0.1) is 12.8 Å². The van der Waals surface area contributed by atoms with E-state index in [4.69, 9.17) is 4.42 Å². The third-order valence-electron chi connectivity index (χ3n) is 3.59. The van der Waals surface area contributed by atoms with Crippen molar-refractivity contribution in [1.82, 2.24) is 9.29 Å². The molecule has 22 heavy (non-hydrogen) atoms. The molecule has 0 atom stereocenters. The van der Waals surface area contributed by atoms with Crippen LogP contribution in [0.5, 0.6) is 0 Å². The maximum Gasteiger partial charge on any atom is 0.305 e. The van der Waals surface area contributed by atoms with Crippen LogP contribution in [0.25, 0.3) is 11.1 Å². The fraction of sp³-hybridized carbons (Fsp3) is 0.429. The molecule has 0 saturated heterocycles. The summed E-state index contributed by atoms with van der Waals surface area (Å²) in [7, 11) is -2.03. The monoisotopic (exact) mass is 323 g/mol. The molecule has 1 aliphatic rings. The average Bonchev–Trinajstić information content (AvgIpc) is 3.16. The maximum atomic E-state index is 12.5. The van der Waals surface area contributed by atoms with Crippen LogP contribution in [0.4, 0.5) is 6.01 Å². The fourth-order valence-electron chi connectivity index (χ4n) is 2.15. The molecular formula is C14H17N3O4S. The minimum atomic E-state index is -3.41. The Bertz CT molecular complexity index is 777. The lowest BCUT2D eigenvalue weighted by molar-refractivity contribution is -0.119. The zero-order valence-corrected chi connectivity index (χ0v) is 13.2. The van der Waals surface area contributed by atoms with Gasteiger partial charge in [-0.2, -0.15) is 9.29 Å². The number of oxazole rings is 1. The molecule has 3 rings (SSSR count). The Kier molecular flexibility index (Phi) is 3.65.